The van der Waals surface area contributed by atoms with Crippen LogP contribution in [0.4, 0.5) is 11.4 Å². The van der Waals surface area contributed by atoms with Crippen LogP contribution < -0.4 is 11.1 Å². The minimum Gasteiger partial charge on any atom is -0.398 e. The molecule has 0 saturated heterocycles. The minimum atomic E-state index is 0.172. The number of hydrogen-bond donors (Lipinski definition) is 2. The van der Waals surface area contributed by atoms with Gasteiger partial charge in [-0.15, -0.1) is 0 Å². The molecule has 0 atom stereocenters. The second kappa shape index (κ2) is 6.92. The van der Waals surface area contributed by atoms with Gasteiger partial charge in [-0.3, -0.25) is 9.78 Å². The number of anilines is 2. The first kappa shape index (κ1) is 15.1. The molecule has 1 amide bonds. The summed E-state index contributed by atoms with van der Waals surface area (Å²) in [5, 5.41) is 5.26. The molecule has 2 rings (SSSR count). The Labute approximate surface area is 125 Å². The SMILES string of the molecule is CCN(CC)C(=O)CCNc1ccc(N)c2ccncc12. The molecule has 1 heterocycles. The number of fused-ring (bicyclic) bond motifs is 1. The molecule has 5 nitrogen and oxygen atoms in total. The number of hydrogen-bond acceptors (Lipinski definition) is 4. The molecule has 5 heteroatoms. The Balaban J connectivity index is 2.05. The van der Waals surface area contributed by atoms with Gasteiger partial charge in [0.25, 0.3) is 0 Å². The van der Waals surface area contributed by atoms with Gasteiger partial charge in [0.05, 0.1) is 0 Å². The predicted octanol–water partition coefficient (Wildman–Crippen LogP) is 2.49. The fourth-order valence-corrected chi connectivity index (χ4v) is 2.41. The summed E-state index contributed by atoms with van der Waals surface area (Å²) in [5.41, 5.74) is 7.65. The second-order valence-electron chi connectivity index (χ2n) is 4.87. The van der Waals surface area contributed by atoms with Gasteiger partial charge < -0.3 is 16.0 Å². The van der Waals surface area contributed by atoms with E-state index in [-0.39, 0.29) is 5.91 Å². The highest BCUT2D eigenvalue weighted by Crippen LogP contribution is 2.27. The fraction of sp³-hybridized carbons (Fsp3) is 0.375. The van der Waals surface area contributed by atoms with Gasteiger partial charge in [0.2, 0.25) is 5.91 Å². The fourth-order valence-electron chi connectivity index (χ4n) is 2.41. The Morgan fingerprint density at radius 1 is 1.24 bits per heavy atom. The summed E-state index contributed by atoms with van der Waals surface area (Å²) in [6, 6.07) is 5.70. The maximum atomic E-state index is 12.0. The lowest BCUT2D eigenvalue weighted by molar-refractivity contribution is -0.130. The van der Waals surface area contributed by atoms with Crippen LogP contribution in [0, 0.1) is 0 Å². The summed E-state index contributed by atoms with van der Waals surface area (Å²) in [5.74, 6) is 0.172. The lowest BCUT2D eigenvalue weighted by Crippen LogP contribution is -2.31. The number of nitrogens with one attached hydrogen (secondary N) is 1. The van der Waals surface area contributed by atoms with Gasteiger partial charge in [-0.1, -0.05) is 0 Å². The molecule has 0 radical (unpaired) electrons. The molecule has 0 saturated carbocycles. The average molecular weight is 286 g/mol. The number of carbonyl (C=O) groups is 1. The highest BCUT2D eigenvalue weighted by molar-refractivity contribution is 6.00. The van der Waals surface area contributed by atoms with Gasteiger partial charge in [0.1, 0.15) is 0 Å². The molecule has 112 valence electrons. The van der Waals surface area contributed by atoms with Crippen LogP contribution in [-0.2, 0) is 4.79 Å². The number of amides is 1. The summed E-state index contributed by atoms with van der Waals surface area (Å²) in [6.45, 7) is 6.10. The van der Waals surface area contributed by atoms with Crippen molar-refractivity contribution in [3.05, 3.63) is 30.6 Å². The van der Waals surface area contributed by atoms with E-state index in [9.17, 15) is 4.79 Å². The van der Waals surface area contributed by atoms with Crippen LogP contribution in [0.25, 0.3) is 10.8 Å². The van der Waals surface area contributed by atoms with Crippen molar-refractivity contribution in [1.29, 1.82) is 0 Å². The quantitative estimate of drug-likeness (QED) is 0.800. The van der Waals surface area contributed by atoms with Crippen LogP contribution in [0.5, 0.6) is 0 Å². The number of pyridine rings is 1. The summed E-state index contributed by atoms with van der Waals surface area (Å²) < 4.78 is 0. The monoisotopic (exact) mass is 286 g/mol. The van der Waals surface area contributed by atoms with E-state index in [1.807, 2.05) is 36.9 Å². The molecular formula is C16H22N4O. The maximum absolute atomic E-state index is 12.0. The Hall–Kier alpha value is -2.30. The van der Waals surface area contributed by atoms with Gasteiger partial charge in [-0.2, -0.15) is 0 Å². The molecule has 0 bridgehead atoms. The van der Waals surface area contributed by atoms with Gasteiger partial charge in [0.15, 0.2) is 0 Å². The van der Waals surface area contributed by atoms with E-state index in [2.05, 4.69) is 10.3 Å². The van der Waals surface area contributed by atoms with E-state index >= 15 is 0 Å². The third-order valence-corrected chi connectivity index (χ3v) is 3.62. The van der Waals surface area contributed by atoms with Gasteiger partial charge in [-0.25, -0.2) is 0 Å². The third kappa shape index (κ3) is 3.42. The smallest absolute Gasteiger partial charge is 0.224 e. The van der Waals surface area contributed by atoms with Crippen molar-refractivity contribution in [3.8, 4) is 0 Å². The summed E-state index contributed by atoms with van der Waals surface area (Å²) in [7, 11) is 0. The van der Waals surface area contributed by atoms with E-state index in [0.29, 0.717) is 13.0 Å². The number of rotatable bonds is 6. The van der Waals surface area contributed by atoms with Crippen molar-refractivity contribution < 1.29 is 4.79 Å². The number of nitrogen functional groups attached to an aromatic ring is 1. The van der Waals surface area contributed by atoms with Crippen molar-refractivity contribution in [1.82, 2.24) is 9.88 Å². The predicted molar refractivity (Wildman–Crippen MR) is 87.2 cm³/mol. The van der Waals surface area contributed by atoms with Crippen molar-refractivity contribution in [2.45, 2.75) is 20.3 Å². The highest BCUT2D eigenvalue weighted by Gasteiger charge is 2.09. The molecule has 1 aromatic carbocycles. The zero-order chi connectivity index (χ0) is 15.2. The van der Waals surface area contributed by atoms with E-state index in [0.717, 1.165) is 35.2 Å². The first-order valence-electron chi connectivity index (χ1n) is 7.31. The Kier molecular flexibility index (Phi) is 4.98. The molecule has 2 aromatic rings. The summed E-state index contributed by atoms with van der Waals surface area (Å²) in [4.78, 5) is 17.9. The maximum Gasteiger partial charge on any atom is 0.224 e. The minimum absolute atomic E-state index is 0.172. The van der Waals surface area contributed by atoms with Gasteiger partial charge in [0, 0.05) is 60.6 Å². The number of nitrogens with two attached hydrogens (primary N) is 1. The van der Waals surface area contributed by atoms with Crippen molar-refractivity contribution in [3.63, 3.8) is 0 Å². The van der Waals surface area contributed by atoms with E-state index < -0.39 is 0 Å². The molecule has 0 aliphatic carbocycles. The molecule has 0 spiro atoms. The van der Waals surface area contributed by atoms with Crippen molar-refractivity contribution in [2.24, 2.45) is 0 Å². The standard InChI is InChI=1S/C16H22N4O/c1-3-20(4-2)16(21)8-10-19-15-6-5-14(17)12-7-9-18-11-13(12)15/h5-7,9,11,19H,3-4,8,10,17H2,1-2H3. The van der Waals surface area contributed by atoms with Crippen molar-refractivity contribution >= 4 is 28.1 Å². The van der Waals surface area contributed by atoms with Gasteiger partial charge in [-0.05, 0) is 32.0 Å². The zero-order valence-electron chi connectivity index (χ0n) is 12.6. The van der Waals surface area contributed by atoms with E-state index in [4.69, 9.17) is 5.73 Å². The number of aromatic nitrogens is 1. The van der Waals surface area contributed by atoms with Crippen LogP contribution in [-0.4, -0.2) is 35.4 Å². The van der Waals surface area contributed by atoms with E-state index in [1.54, 1.807) is 12.4 Å². The lowest BCUT2D eigenvalue weighted by atomic mass is 10.1. The molecule has 21 heavy (non-hydrogen) atoms. The topological polar surface area (TPSA) is 71.2 Å². The van der Waals surface area contributed by atoms with Crippen LogP contribution in [0.1, 0.15) is 20.3 Å². The third-order valence-electron chi connectivity index (χ3n) is 3.62. The Morgan fingerprint density at radius 3 is 2.71 bits per heavy atom. The molecule has 0 aliphatic heterocycles. The first-order chi connectivity index (χ1) is 10.2. The molecule has 3 N–H and O–H groups in total. The number of carbonyl (C=O) groups excluding carboxylic acids is 1. The van der Waals surface area contributed by atoms with Crippen LogP contribution in [0.3, 0.4) is 0 Å². The molecule has 0 fully saturated rings. The first-order valence-corrected chi connectivity index (χ1v) is 7.31. The van der Waals surface area contributed by atoms with E-state index in [1.165, 1.54) is 0 Å². The lowest BCUT2D eigenvalue weighted by Gasteiger charge is -2.19. The van der Waals surface area contributed by atoms with Crippen LogP contribution in [0.2, 0.25) is 0 Å². The largest absolute Gasteiger partial charge is 0.398 e. The Bertz CT molecular complexity index is 623. The number of benzene rings is 1. The van der Waals surface area contributed by atoms with Gasteiger partial charge >= 0.3 is 0 Å². The van der Waals surface area contributed by atoms with Crippen molar-refractivity contribution in [2.75, 3.05) is 30.7 Å². The summed E-state index contributed by atoms with van der Waals surface area (Å²) >= 11 is 0. The molecular weight excluding hydrogens is 264 g/mol. The van der Waals surface area contributed by atoms with Crippen LogP contribution >= 0.6 is 0 Å². The summed E-state index contributed by atoms with van der Waals surface area (Å²) in [6.07, 6.45) is 4.00. The Morgan fingerprint density at radius 2 is 2.00 bits per heavy atom. The highest BCUT2D eigenvalue weighted by atomic mass is 16.2. The molecule has 0 unspecified atom stereocenters. The molecule has 0 aliphatic rings. The number of nitrogens with zero attached hydrogens (tertiary/aromatic N) is 2. The zero-order valence-corrected chi connectivity index (χ0v) is 12.6. The molecule has 1 aromatic heterocycles. The normalized spacial score (nSPS) is 10.6. The average Bonchev–Trinajstić information content (AvgIpc) is 2.51. The second-order valence-corrected chi connectivity index (χ2v) is 4.87. The van der Waals surface area contributed by atoms with Crippen LogP contribution in [0.15, 0.2) is 30.6 Å².